The minimum absolute atomic E-state index is 0.000887. The van der Waals surface area contributed by atoms with Crippen molar-refractivity contribution in [2.24, 2.45) is 0 Å². The Kier molecular flexibility index (Phi) is 4.66. The average molecular weight is 355 g/mol. The number of carbonyl (C=O) groups is 3. The van der Waals surface area contributed by atoms with Crippen LogP contribution in [0.25, 0.3) is 6.08 Å². The summed E-state index contributed by atoms with van der Waals surface area (Å²) >= 11 is 0. The van der Waals surface area contributed by atoms with Gasteiger partial charge in [-0.05, 0) is 48.0 Å². The molecule has 3 rings (SSSR count). The third kappa shape index (κ3) is 3.86. The van der Waals surface area contributed by atoms with Crippen molar-refractivity contribution in [3.63, 3.8) is 0 Å². The van der Waals surface area contributed by atoms with Gasteiger partial charge < -0.3 is 15.7 Å². The Morgan fingerprint density at radius 1 is 1.12 bits per heavy atom. The highest BCUT2D eigenvalue weighted by Crippen LogP contribution is 2.16. The lowest BCUT2D eigenvalue weighted by atomic mass is 10.2. The minimum Gasteiger partial charge on any atom is -0.508 e. The molecular formula is C18H14FN3O4. The molecule has 1 saturated heterocycles. The van der Waals surface area contributed by atoms with E-state index in [2.05, 4.69) is 10.6 Å². The van der Waals surface area contributed by atoms with Crippen LogP contribution < -0.4 is 10.6 Å². The molecular weight excluding hydrogens is 341 g/mol. The number of urea groups is 1. The van der Waals surface area contributed by atoms with E-state index in [0.29, 0.717) is 11.3 Å². The van der Waals surface area contributed by atoms with Crippen molar-refractivity contribution in [1.82, 2.24) is 10.2 Å². The number of imide groups is 1. The van der Waals surface area contributed by atoms with Gasteiger partial charge in [-0.25, -0.2) is 14.1 Å². The molecule has 1 aliphatic heterocycles. The summed E-state index contributed by atoms with van der Waals surface area (Å²) in [5, 5.41) is 14.1. The first kappa shape index (κ1) is 17.2. The van der Waals surface area contributed by atoms with Crippen LogP contribution in [-0.2, 0) is 9.59 Å². The van der Waals surface area contributed by atoms with Crippen LogP contribution in [-0.4, -0.2) is 34.4 Å². The van der Waals surface area contributed by atoms with Crippen LogP contribution in [0.4, 0.5) is 14.9 Å². The molecule has 0 bridgehead atoms. The highest BCUT2D eigenvalue weighted by atomic mass is 19.1. The monoisotopic (exact) mass is 355 g/mol. The van der Waals surface area contributed by atoms with Gasteiger partial charge in [-0.1, -0.05) is 12.1 Å². The molecule has 0 aliphatic carbocycles. The third-order valence-corrected chi connectivity index (χ3v) is 3.60. The summed E-state index contributed by atoms with van der Waals surface area (Å²) in [7, 11) is 0. The number of rotatable bonds is 4. The van der Waals surface area contributed by atoms with E-state index >= 15 is 0 Å². The normalized spacial score (nSPS) is 15.3. The predicted octanol–water partition coefficient (Wildman–Crippen LogP) is 2.06. The SMILES string of the molecule is O=C(CN1C(=O)N/C(=C\c2ccc(F)cc2)C1=O)Nc1ccc(O)cc1. The smallest absolute Gasteiger partial charge is 0.329 e. The Hall–Kier alpha value is -3.68. The van der Waals surface area contributed by atoms with Crippen LogP contribution in [0.15, 0.2) is 54.2 Å². The quantitative estimate of drug-likeness (QED) is 0.444. The number of amides is 4. The number of benzene rings is 2. The number of hydrogen-bond donors (Lipinski definition) is 3. The van der Waals surface area contributed by atoms with Crippen LogP contribution in [0, 0.1) is 5.82 Å². The molecule has 0 atom stereocenters. The van der Waals surface area contributed by atoms with E-state index in [4.69, 9.17) is 0 Å². The minimum atomic E-state index is -0.718. The fourth-order valence-electron chi connectivity index (χ4n) is 2.33. The molecule has 1 heterocycles. The van der Waals surface area contributed by atoms with E-state index in [1.54, 1.807) is 0 Å². The topological polar surface area (TPSA) is 98.7 Å². The second-order valence-corrected chi connectivity index (χ2v) is 5.53. The van der Waals surface area contributed by atoms with E-state index in [1.807, 2.05) is 0 Å². The molecule has 8 heteroatoms. The zero-order valence-electron chi connectivity index (χ0n) is 13.4. The highest BCUT2D eigenvalue weighted by molar-refractivity contribution is 6.15. The van der Waals surface area contributed by atoms with E-state index in [9.17, 15) is 23.9 Å². The number of anilines is 1. The summed E-state index contributed by atoms with van der Waals surface area (Å²) in [6.07, 6.45) is 1.40. The molecule has 2 aromatic carbocycles. The number of carbonyl (C=O) groups excluding carboxylic acids is 3. The fraction of sp³-hybridized carbons (Fsp3) is 0.0556. The van der Waals surface area contributed by atoms with Crippen LogP contribution in [0.1, 0.15) is 5.56 Å². The van der Waals surface area contributed by atoms with Crippen molar-refractivity contribution in [2.45, 2.75) is 0 Å². The average Bonchev–Trinajstić information content (AvgIpc) is 2.86. The van der Waals surface area contributed by atoms with Crippen LogP contribution in [0.2, 0.25) is 0 Å². The number of hydrogen-bond acceptors (Lipinski definition) is 4. The maximum atomic E-state index is 12.9. The van der Waals surface area contributed by atoms with Gasteiger partial charge in [0.05, 0.1) is 0 Å². The molecule has 3 N–H and O–H groups in total. The van der Waals surface area contributed by atoms with Crippen LogP contribution >= 0.6 is 0 Å². The van der Waals surface area contributed by atoms with E-state index in [-0.39, 0.29) is 11.4 Å². The predicted molar refractivity (Wildman–Crippen MR) is 91.4 cm³/mol. The number of nitrogens with zero attached hydrogens (tertiary/aromatic N) is 1. The van der Waals surface area contributed by atoms with Gasteiger partial charge in [0.2, 0.25) is 5.91 Å². The molecule has 0 aromatic heterocycles. The molecule has 0 spiro atoms. The second kappa shape index (κ2) is 7.06. The molecule has 1 fully saturated rings. The molecule has 4 amide bonds. The standard InChI is InChI=1S/C18H14FN3O4/c19-12-3-1-11(2-4-12)9-15-17(25)22(18(26)21-15)10-16(24)20-13-5-7-14(23)8-6-13/h1-9,23H,10H2,(H,20,24)(H,21,26)/b15-9-. The molecule has 0 saturated carbocycles. The zero-order valence-corrected chi connectivity index (χ0v) is 13.4. The van der Waals surface area contributed by atoms with Gasteiger partial charge in [0.25, 0.3) is 5.91 Å². The summed E-state index contributed by atoms with van der Waals surface area (Å²) in [4.78, 5) is 37.1. The molecule has 0 unspecified atom stereocenters. The first-order valence-corrected chi connectivity index (χ1v) is 7.61. The van der Waals surface area contributed by atoms with Crippen LogP contribution in [0.5, 0.6) is 5.75 Å². The van der Waals surface area contributed by atoms with Crippen molar-refractivity contribution in [2.75, 3.05) is 11.9 Å². The molecule has 1 aliphatic rings. The summed E-state index contributed by atoms with van der Waals surface area (Å²) in [5.74, 6) is -1.59. The Labute approximate surface area is 147 Å². The van der Waals surface area contributed by atoms with E-state index in [1.165, 1.54) is 54.6 Å². The fourth-order valence-corrected chi connectivity index (χ4v) is 2.33. The molecule has 26 heavy (non-hydrogen) atoms. The van der Waals surface area contributed by atoms with E-state index < -0.39 is 30.2 Å². The Bertz CT molecular complexity index is 892. The highest BCUT2D eigenvalue weighted by Gasteiger charge is 2.34. The van der Waals surface area contributed by atoms with Gasteiger partial charge in [-0.3, -0.25) is 9.59 Å². The Morgan fingerprint density at radius 2 is 1.77 bits per heavy atom. The first-order chi connectivity index (χ1) is 12.4. The Balaban J connectivity index is 1.67. The first-order valence-electron chi connectivity index (χ1n) is 7.61. The van der Waals surface area contributed by atoms with Crippen molar-refractivity contribution < 1.29 is 23.9 Å². The van der Waals surface area contributed by atoms with Gasteiger partial charge in [0, 0.05) is 5.69 Å². The van der Waals surface area contributed by atoms with Crippen molar-refractivity contribution in [1.29, 1.82) is 0 Å². The molecule has 132 valence electrons. The van der Waals surface area contributed by atoms with Gasteiger partial charge in [-0.15, -0.1) is 0 Å². The number of phenols is 1. The Morgan fingerprint density at radius 3 is 2.42 bits per heavy atom. The molecule has 0 radical (unpaired) electrons. The number of halogens is 1. The number of phenolic OH excluding ortho intramolecular Hbond substituents is 1. The molecule has 2 aromatic rings. The van der Waals surface area contributed by atoms with Gasteiger partial charge >= 0.3 is 6.03 Å². The maximum absolute atomic E-state index is 12.9. The second-order valence-electron chi connectivity index (χ2n) is 5.53. The lowest BCUT2D eigenvalue weighted by Gasteiger charge is -2.12. The van der Waals surface area contributed by atoms with Gasteiger partial charge in [-0.2, -0.15) is 0 Å². The summed E-state index contributed by atoms with van der Waals surface area (Å²) < 4.78 is 12.9. The summed E-state index contributed by atoms with van der Waals surface area (Å²) in [6.45, 7) is -0.466. The number of nitrogens with one attached hydrogen (secondary N) is 2. The van der Waals surface area contributed by atoms with Gasteiger partial charge in [0.1, 0.15) is 23.8 Å². The van der Waals surface area contributed by atoms with Crippen molar-refractivity contribution >= 4 is 29.6 Å². The summed E-state index contributed by atoms with van der Waals surface area (Å²) in [6, 6.07) is 10.4. The molecule has 7 nitrogen and oxygen atoms in total. The van der Waals surface area contributed by atoms with Gasteiger partial charge in [0.15, 0.2) is 0 Å². The van der Waals surface area contributed by atoms with Crippen LogP contribution in [0.3, 0.4) is 0 Å². The van der Waals surface area contributed by atoms with E-state index in [0.717, 1.165) is 4.90 Å². The van der Waals surface area contributed by atoms with Crippen molar-refractivity contribution in [3.05, 3.63) is 65.6 Å². The lowest BCUT2D eigenvalue weighted by molar-refractivity contribution is -0.127. The lowest BCUT2D eigenvalue weighted by Crippen LogP contribution is -2.38. The third-order valence-electron chi connectivity index (χ3n) is 3.60. The zero-order chi connectivity index (χ0) is 18.7. The van der Waals surface area contributed by atoms with Crippen molar-refractivity contribution in [3.8, 4) is 5.75 Å². The maximum Gasteiger partial charge on any atom is 0.329 e. The largest absolute Gasteiger partial charge is 0.508 e. The summed E-state index contributed by atoms with van der Waals surface area (Å²) in [5.41, 5.74) is 0.950. The number of aromatic hydroxyl groups is 1.